The minimum Gasteiger partial charge on any atom is -0.406 e. The maximum Gasteiger partial charge on any atom is 0.573 e. The van der Waals surface area contributed by atoms with Crippen molar-refractivity contribution >= 4 is 31.9 Å². The summed E-state index contributed by atoms with van der Waals surface area (Å²) in [6.07, 6.45) is -4.70. The monoisotopic (exact) mass is 423 g/mol. The molecule has 0 heterocycles. The van der Waals surface area contributed by atoms with E-state index in [0.717, 1.165) is 14.5 Å². The van der Waals surface area contributed by atoms with Crippen LogP contribution >= 0.6 is 31.9 Å². The Kier molecular flexibility index (Phi) is 4.95. The van der Waals surface area contributed by atoms with Crippen molar-refractivity contribution in [3.8, 4) is 5.75 Å². The SMILES string of the molecule is NC(c1ccc(OC(F)(F)F)cc1)c1cc(Br)ccc1Br. The molecule has 2 N–H and O–H groups in total. The lowest BCUT2D eigenvalue weighted by atomic mass is 10.00. The van der Waals surface area contributed by atoms with Crippen LogP contribution in [-0.2, 0) is 0 Å². The molecule has 2 aromatic carbocycles. The standard InChI is InChI=1S/C14H10Br2F3NO/c15-9-3-6-12(16)11(7-9)13(20)8-1-4-10(5-2-8)21-14(17,18)19/h1-7,13H,20H2. The molecule has 1 unspecified atom stereocenters. The Balaban J connectivity index is 2.24. The molecule has 0 spiro atoms. The molecule has 0 bridgehead atoms. The third-order valence-corrected chi connectivity index (χ3v) is 3.98. The predicted molar refractivity (Wildman–Crippen MR) is 81.0 cm³/mol. The maximum atomic E-state index is 12.1. The first-order valence-corrected chi connectivity index (χ1v) is 7.41. The molecule has 2 aromatic rings. The van der Waals surface area contributed by atoms with Gasteiger partial charge in [0.15, 0.2) is 0 Å². The van der Waals surface area contributed by atoms with E-state index in [2.05, 4.69) is 36.6 Å². The molecule has 0 fully saturated rings. The number of benzene rings is 2. The lowest BCUT2D eigenvalue weighted by Crippen LogP contribution is -2.17. The van der Waals surface area contributed by atoms with Crippen molar-refractivity contribution in [3.63, 3.8) is 0 Å². The van der Waals surface area contributed by atoms with Crippen LogP contribution in [0.3, 0.4) is 0 Å². The fourth-order valence-corrected chi connectivity index (χ4v) is 2.68. The van der Waals surface area contributed by atoms with Crippen LogP contribution in [0.5, 0.6) is 5.75 Å². The molecule has 2 nitrogen and oxygen atoms in total. The molecule has 112 valence electrons. The predicted octanol–water partition coefficient (Wildman–Crippen LogP) is 5.16. The normalized spacial score (nSPS) is 13.0. The van der Waals surface area contributed by atoms with Crippen molar-refractivity contribution in [3.05, 3.63) is 62.5 Å². The molecule has 0 aliphatic rings. The van der Waals surface area contributed by atoms with Gasteiger partial charge in [0.25, 0.3) is 0 Å². The largest absolute Gasteiger partial charge is 0.573 e. The number of ether oxygens (including phenoxy) is 1. The van der Waals surface area contributed by atoms with Crippen molar-refractivity contribution in [2.24, 2.45) is 5.73 Å². The summed E-state index contributed by atoms with van der Waals surface area (Å²) >= 11 is 6.77. The van der Waals surface area contributed by atoms with Gasteiger partial charge in [-0.05, 0) is 41.5 Å². The molecule has 0 radical (unpaired) electrons. The molecular formula is C14H10Br2F3NO. The minimum atomic E-state index is -4.70. The molecule has 7 heteroatoms. The van der Waals surface area contributed by atoms with E-state index in [-0.39, 0.29) is 5.75 Å². The zero-order valence-electron chi connectivity index (χ0n) is 10.5. The molecule has 0 aromatic heterocycles. The van der Waals surface area contributed by atoms with Gasteiger partial charge in [-0.15, -0.1) is 13.2 Å². The second-order valence-corrected chi connectivity index (χ2v) is 6.03. The molecule has 0 saturated heterocycles. The van der Waals surface area contributed by atoms with Gasteiger partial charge in [-0.2, -0.15) is 0 Å². The number of rotatable bonds is 3. The van der Waals surface area contributed by atoms with Crippen LogP contribution in [-0.4, -0.2) is 6.36 Å². The van der Waals surface area contributed by atoms with Gasteiger partial charge in [0.05, 0.1) is 6.04 Å². The highest BCUT2D eigenvalue weighted by Crippen LogP contribution is 2.31. The van der Waals surface area contributed by atoms with Crippen molar-refractivity contribution in [2.45, 2.75) is 12.4 Å². The van der Waals surface area contributed by atoms with Crippen LogP contribution < -0.4 is 10.5 Å². The molecule has 21 heavy (non-hydrogen) atoms. The Morgan fingerprint density at radius 3 is 2.19 bits per heavy atom. The van der Waals surface area contributed by atoms with Crippen LogP contribution in [0.2, 0.25) is 0 Å². The summed E-state index contributed by atoms with van der Waals surface area (Å²) in [6, 6.07) is 10.6. The first-order chi connectivity index (χ1) is 9.76. The van der Waals surface area contributed by atoms with Crippen molar-refractivity contribution in [1.82, 2.24) is 0 Å². The van der Waals surface area contributed by atoms with Gasteiger partial charge >= 0.3 is 6.36 Å². The highest BCUT2D eigenvalue weighted by molar-refractivity contribution is 9.11. The Morgan fingerprint density at radius 1 is 1.00 bits per heavy atom. The molecule has 0 aliphatic carbocycles. The summed E-state index contributed by atoms with van der Waals surface area (Å²) in [5, 5.41) is 0. The number of hydrogen-bond acceptors (Lipinski definition) is 2. The minimum absolute atomic E-state index is 0.272. The number of hydrogen-bond donors (Lipinski definition) is 1. The van der Waals surface area contributed by atoms with Gasteiger partial charge in [-0.3, -0.25) is 0 Å². The number of nitrogens with two attached hydrogens (primary N) is 1. The third kappa shape index (κ3) is 4.46. The van der Waals surface area contributed by atoms with E-state index in [0.29, 0.717) is 5.56 Å². The van der Waals surface area contributed by atoms with Gasteiger partial charge in [0, 0.05) is 8.95 Å². The van der Waals surface area contributed by atoms with Crippen LogP contribution in [0.4, 0.5) is 13.2 Å². The van der Waals surface area contributed by atoms with Crippen molar-refractivity contribution in [2.75, 3.05) is 0 Å². The number of alkyl halides is 3. The third-order valence-electron chi connectivity index (χ3n) is 2.77. The van der Waals surface area contributed by atoms with E-state index in [4.69, 9.17) is 5.73 Å². The Bertz CT molecular complexity index is 629. The van der Waals surface area contributed by atoms with E-state index < -0.39 is 12.4 Å². The molecule has 0 aliphatic heterocycles. The van der Waals surface area contributed by atoms with Crippen molar-refractivity contribution in [1.29, 1.82) is 0 Å². The lowest BCUT2D eigenvalue weighted by Gasteiger charge is -2.16. The molecule has 1 atom stereocenters. The van der Waals surface area contributed by atoms with Crippen LogP contribution in [0.15, 0.2) is 51.4 Å². The fourth-order valence-electron chi connectivity index (χ4n) is 1.81. The average molecular weight is 425 g/mol. The summed E-state index contributed by atoms with van der Waals surface area (Å²) in [5.41, 5.74) is 7.66. The van der Waals surface area contributed by atoms with Gasteiger partial charge in [-0.25, -0.2) is 0 Å². The maximum absolute atomic E-state index is 12.1. The van der Waals surface area contributed by atoms with E-state index in [1.54, 1.807) is 0 Å². The zero-order valence-corrected chi connectivity index (χ0v) is 13.7. The molecule has 0 amide bonds. The summed E-state index contributed by atoms with van der Waals surface area (Å²) in [5.74, 6) is -0.272. The second kappa shape index (κ2) is 6.37. The summed E-state index contributed by atoms with van der Waals surface area (Å²) in [4.78, 5) is 0. The second-order valence-electron chi connectivity index (χ2n) is 4.26. The first kappa shape index (κ1) is 16.3. The first-order valence-electron chi connectivity index (χ1n) is 5.82. The molecular weight excluding hydrogens is 415 g/mol. The average Bonchev–Trinajstić information content (AvgIpc) is 2.40. The van der Waals surface area contributed by atoms with E-state index >= 15 is 0 Å². The summed E-state index contributed by atoms with van der Waals surface area (Å²) in [6.45, 7) is 0. The highest BCUT2D eigenvalue weighted by atomic mass is 79.9. The highest BCUT2D eigenvalue weighted by Gasteiger charge is 2.31. The van der Waals surface area contributed by atoms with E-state index in [9.17, 15) is 13.2 Å². The van der Waals surface area contributed by atoms with E-state index in [1.165, 1.54) is 24.3 Å². The zero-order chi connectivity index (χ0) is 15.6. The van der Waals surface area contributed by atoms with E-state index in [1.807, 2.05) is 18.2 Å². The molecule has 2 rings (SSSR count). The lowest BCUT2D eigenvalue weighted by molar-refractivity contribution is -0.274. The van der Waals surface area contributed by atoms with Gasteiger partial charge in [0.2, 0.25) is 0 Å². The Hall–Kier alpha value is -1.05. The van der Waals surface area contributed by atoms with Gasteiger partial charge in [-0.1, -0.05) is 44.0 Å². The smallest absolute Gasteiger partial charge is 0.406 e. The number of halogens is 5. The quantitative estimate of drug-likeness (QED) is 0.738. The van der Waals surface area contributed by atoms with Gasteiger partial charge in [0.1, 0.15) is 5.75 Å². The molecule has 0 saturated carbocycles. The summed E-state index contributed by atoms with van der Waals surface area (Å²) < 4.78 is 41.8. The van der Waals surface area contributed by atoms with Crippen LogP contribution in [0.1, 0.15) is 17.2 Å². The Morgan fingerprint density at radius 2 is 1.62 bits per heavy atom. The Labute approximate surface area is 136 Å². The van der Waals surface area contributed by atoms with Gasteiger partial charge < -0.3 is 10.5 Å². The van der Waals surface area contributed by atoms with Crippen molar-refractivity contribution < 1.29 is 17.9 Å². The summed E-state index contributed by atoms with van der Waals surface area (Å²) in [7, 11) is 0. The topological polar surface area (TPSA) is 35.2 Å². The van der Waals surface area contributed by atoms with Crippen LogP contribution in [0.25, 0.3) is 0 Å². The fraction of sp³-hybridized carbons (Fsp3) is 0.143. The van der Waals surface area contributed by atoms with Crippen LogP contribution in [0, 0.1) is 0 Å².